The van der Waals surface area contributed by atoms with Crippen LogP contribution in [0.3, 0.4) is 0 Å². The van der Waals surface area contributed by atoms with Crippen molar-refractivity contribution in [3.05, 3.63) is 11.6 Å². The number of nitrogens with two attached hydrogens (primary N) is 2. The van der Waals surface area contributed by atoms with Crippen molar-refractivity contribution in [3.63, 3.8) is 0 Å². The number of rotatable bonds is 1. The van der Waals surface area contributed by atoms with Gasteiger partial charge in [-0.3, -0.25) is 0 Å². The van der Waals surface area contributed by atoms with E-state index in [9.17, 15) is 10.2 Å². The first-order valence-electron chi connectivity index (χ1n) is 7.59. The van der Waals surface area contributed by atoms with Crippen LogP contribution in [-0.2, 0) is 5.41 Å². The minimum absolute atomic E-state index is 0.00560. The Labute approximate surface area is 118 Å². The van der Waals surface area contributed by atoms with E-state index in [1.807, 2.05) is 0 Å². The van der Waals surface area contributed by atoms with E-state index in [1.54, 1.807) is 0 Å². The first-order chi connectivity index (χ1) is 9.48. The molecule has 6 N–H and O–H groups in total. The molecule has 4 saturated carbocycles. The molecule has 4 bridgehead atoms. The Balaban J connectivity index is 1.89. The first-order valence-corrected chi connectivity index (χ1v) is 7.59. The van der Waals surface area contributed by atoms with E-state index in [4.69, 9.17) is 11.5 Å². The van der Waals surface area contributed by atoms with Crippen molar-refractivity contribution < 1.29 is 10.2 Å². The number of anilines is 2. The molecule has 20 heavy (non-hydrogen) atoms. The first kappa shape index (κ1) is 12.2. The van der Waals surface area contributed by atoms with Crippen molar-refractivity contribution in [1.82, 2.24) is 0 Å². The zero-order valence-electron chi connectivity index (χ0n) is 11.6. The van der Waals surface area contributed by atoms with E-state index in [1.165, 1.54) is 25.3 Å². The van der Waals surface area contributed by atoms with Gasteiger partial charge in [-0.2, -0.15) is 0 Å². The molecule has 0 amide bonds. The maximum Gasteiger partial charge on any atom is 0.144 e. The van der Waals surface area contributed by atoms with Crippen LogP contribution < -0.4 is 11.5 Å². The highest BCUT2D eigenvalue weighted by Crippen LogP contribution is 2.63. The highest BCUT2D eigenvalue weighted by atomic mass is 16.3. The second-order valence-electron chi connectivity index (χ2n) is 7.32. The van der Waals surface area contributed by atoms with Gasteiger partial charge >= 0.3 is 0 Å². The van der Waals surface area contributed by atoms with Crippen molar-refractivity contribution >= 4 is 11.4 Å². The number of phenolic OH excluding ortho intramolecular Hbond substituents is 2. The van der Waals surface area contributed by atoms with E-state index in [-0.39, 0.29) is 22.6 Å². The van der Waals surface area contributed by atoms with Gasteiger partial charge in [0.1, 0.15) is 11.5 Å². The summed E-state index contributed by atoms with van der Waals surface area (Å²) in [6.07, 6.45) is 7.23. The summed E-state index contributed by atoms with van der Waals surface area (Å²) in [5.74, 6) is 2.36. The average Bonchev–Trinajstić information content (AvgIpc) is 2.34. The molecule has 108 valence electrons. The largest absolute Gasteiger partial charge is 0.506 e. The number of aromatic hydroxyl groups is 2. The summed E-state index contributed by atoms with van der Waals surface area (Å²) in [6.45, 7) is 0. The van der Waals surface area contributed by atoms with Gasteiger partial charge in [0.25, 0.3) is 0 Å². The van der Waals surface area contributed by atoms with Gasteiger partial charge < -0.3 is 21.7 Å². The van der Waals surface area contributed by atoms with Crippen LogP contribution >= 0.6 is 0 Å². The molecule has 1 aromatic carbocycles. The van der Waals surface area contributed by atoms with Gasteiger partial charge in [0, 0.05) is 17.0 Å². The zero-order valence-corrected chi connectivity index (χ0v) is 11.6. The van der Waals surface area contributed by atoms with Crippen LogP contribution in [0.1, 0.15) is 44.1 Å². The maximum atomic E-state index is 10.4. The molecule has 5 rings (SSSR count). The van der Waals surface area contributed by atoms with Crippen molar-refractivity contribution in [2.45, 2.75) is 43.9 Å². The molecule has 0 spiro atoms. The second-order valence-corrected chi connectivity index (χ2v) is 7.32. The molecule has 4 aliphatic carbocycles. The summed E-state index contributed by atoms with van der Waals surface area (Å²) in [5, 5.41) is 20.4. The third-order valence-electron chi connectivity index (χ3n) is 5.92. The Morgan fingerprint density at radius 2 is 1.45 bits per heavy atom. The van der Waals surface area contributed by atoms with E-state index < -0.39 is 0 Å². The van der Waals surface area contributed by atoms with Gasteiger partial charge in [-0.25, -0.2) is 0 Å². The van der Waals surface area contributed by atoms with Crippen LogP contribution in [0, 0.1) is 17.8 Å². The molecule has 1 aromatic rings. The van der Waals surface area contributed by atoms with Gasteiger partial charge in [-0.05, 0) is 56.3 Å². The smallest absolute Gasteiger partial charge is 0.144 e. The van der Waals surface area contributed by atoms with Crippen molar-refractivity contribution in [2.24, 2.45) is 17.8 Å². The fourth-order valence-electron chi connectivity index (χ4n) is 5.65. The second kappa shape index (κ2) is 3.74. The lowest BCUT2D eigenvalue weighted by molar-refractivity contribution is -0.00579. The molecule has 0 unspecified atom stereocenters. The number of benzene rings is 1. The third kappa shape index (κ3) is 1.48. The van der Waals surface area contributed by atoms with Crippen molar-refractivity contribution in [3.8, 4) is 11.5 Å². The highest BCUT2D eigenvalue weighted by molar-refractivity contribution is 5.74. The van der Waals surface area contributed by atoms with E-state index in [0.717, 1.165) is 42.6 Å². The Morgan fingerprint density at radius 1 is 0.950 bits per heavy atom. The van der Waals surface area contributed by atoms with Crippen LogP contribution in [0.5, 0.6) is 11.5 Å². The molecular weight excluding hydrogens is 252 g/mol. The lowest BCUT2D eigenvalue weighted by Crippen LogP contribution is -2.48. The minimum atomic E-state index is -0.0597. The normalized spacial score (nSPS) is 38.3. The van der Waals surface area contributed by atoms with E-state index in [0.29, 0.717) is 5.69 Å². The fraction of sp³-hybridized carbons (Fsp3) is 0.625. The number of hydrogen-bond acceptors (Lipinski definition) is 4. The Kier molecular flexibility index (Phi) is 2.28. The molecule has 0 aromatic heterocycles. The van der Waals surface area contributed by atoms with Crippen LogP contribution in [0.25, 0.3) is 0 Å². The summed E-state index contributed by atoms with van der Waals surface area (Å²) < 4.78 is 0. The maximum absolute atomic E-state index is 10.4. The summed E-state index contributed by atoms with van der Waals surface area (Å²) in [6, 6.07) is 1.36. The standard InChI is InChI=1S/C16H22N2O2/c17-11-4-12(19)14(18)13(15(11)20)16-5-8-1-9(6-16)3-10(2-8)7-16/h4,8-10,19-20H,1-3,5-7,17-18H2. The van der Waals surface area contributed by atoms with E-state index in [2.05, 4.69) is 0 Å². The molecule has 0 radical (unpaired) electrons. The van der Waals surface area contributed by atoms with Gasteiger partial charge in [0.2, 0.25) is 0 Å². The van der Waals surface area contributed by atoms with Gasteiger partial charge in [-0.15, -0.1) is 0 Å². The molecule has 4 fully saturated rings. The monoisotopic (exact) mass is 274 g/mol. The number of phenols is 2. The molecule has 4 nitrogen and oxygen atoms in total. The Bertz CT molecular complexity index is 521. The van der Waals surface area contributed by atoms with Gasteiger partial charge in [0.05, 0.1) is 11.4 Å². The predicted octanol–water partition coefficient (Wildman–Crippen LogP) is 2.73. The van der Waals surface area contributed by atoms with E-state index >= 15 is 0 Å². The Morgan fingerprint density at radius 3 is 1.95 bits per heavy atom. The molecule has 4 heteroatoms. The minimum Gasteiger partial charge on any atom is -0.506 e. The van der Waals surface area contributed by atoms with Gasteiger partial charge in [0.15, 0.2) is 0 Å². The Hall–Kier alpha value is -1.58. The lowest BCUT2D eigenvalue weighted by atomic mass is 9.47. The average molecular weight is 274 g/mol. The summed E-state index contributed by atoms with van der Waals surface area (Å²) in [5.41, 5.74) is 13.2. The molecule has 0 saturated heterocycles. The summed E-state index contributed by atoms with van der Waals surface area (Å²) in [4.78, 5) is 0. The van der Waals surface area contributed by atoms with Crippen LogP contribution in [-0.4, -0.2) is 10.2 Å². The van der Waals surface area contributed by atoms with Crippen LogP contribution in [0.4, 0.5) is 11.4 Å². The third-order valence-corrected chi connectivity index (χ3v) is 5.92. The zero-order chi connectivity index (χ0) is 14.1. The number of nitrogen functional groups attached to an aromatic ring is 2. The fourth-order valence-corrected chi connectivity index (χ4v) is 5.65. The SMILES string of the molecule is Nc1cc(O)c(N)c(C23CC4CC(CC(C4)C2)C3)c1O. The molecule has 0 atom stereocenters. The van der Waals surface area contributed by atoms with Gasteiger partial charge in [-0.1, -0.05) is 0 Å². The molecule has 0 aliphatic heterocycles. The lowest BCUT2D eigenvalue weighted by Gasteiger charge is -2.57. The van der Waals surface area contributed by atoms with Crippen LogP contribution in [0.2, 0.25) is 0 Å². The molecule has 0 heterocycles. The van der Waals surface area contributed by atoms with Crippen molar-refractivity contribution in [2.75, 3.05) is 11.5 Å². The number of hydrogen-bond donors (Lipinski definition) is 4. The predicted molar refractivity (Wildman–Crippen MR) is 78.4 cm³/mol. The van der Waals surface area contributed by atoms with Crippen molar-refractivity contribution in [1.29, 1.82) is 0 Å². The topological polar surface area (TPSA) is 92.5 Å². The van der Waals surface area contributed by atoms with Crippen LogP contribution in [0.15, 0.2) is 6.07 Å². The molecular formula is C16H22N2O2. The quantitative estimate of drug-likeness (QED) is 0.360. The highest BCUT2D eigenvalue weighted by Gasteiger charge is 2.53. The summed E-state index contributed by atoms with van der Waals surface area (Å²) in [7, 11) is 0. The summed E-state index contributed by atoms with van der Waals surface area (Å²) >= 11 is 0. The molecule has 4 aliphatic rings.